The minimum absolute atomic E-state index is 0.671. The van der Waals surface area contributed by atoms with E-state index in [1.807, 2.05) is 53.6 Å². The van der Waals surface area contributed by atoms with Crippen molar-refractivity contribution in [1.29, 1.82) is 0 Å². The number of rotatable bonds is 4. The van der Waals surface area contributed by atoms with Gasteiger partial charge >= 0.3 is 0 Å². The number of pyridine rings is 1. The Balaban J connectivity index is 1.78. The molecule has 126 valence electrons. The Morgan fingerprint density at radius 2 is 2.08 bits per heavy atom. The van der Waals surface area contributed by atoms with Crippen LogP contribution in [-0.4, -0.2) is 29.1 Å². The molecule has 0 saturated heterocycles. The molecule has 4 aromatic rings. The number of nitrogens with zero attached hydrogens (tertiary/aromatic N) is 6. The zero-order valence-electron chi connectivity index (χ0n) is 14.4. The van der Waals surface area contributed by atoms with E-state index in [-0.39, 0.29) is 0 Å². The van der Waals surface area contributed by atoms with E-state index in [1.165, 1.54) is 0 Å². The van der Waals surface area contributed by atoms with Gasteiger partial charge in [0.1, 0.15) is 11.5 Å². The molecule has 0 aliphatic carbocycles. The summed E-state index contributed by atoms with van der Waals surface area (Å²) < 4.78 is 3.80. The van der Waals surface area contributed by atoms with Gasteiger partial charge in [0.2, 0.25) is 0 Å². The first kappa shape index (κ1) is 15.3. The minimum Gasteiger partial charge on any atom is -0.366 e. The van der Waals surface area contributed by atoms with Gasteiger partial charge in [0.25, 0.3) is 0 Å². The van der Waals surface area contributed by atoms with Crippen LogP contribution in [0, 0.1) is 13.8 Å². The molecule has 25 heavy (non-hydrogen) atoms. The smallest absolute Gasteiger partial charge is 0.160 e. The fourth-order valence-electron chi connectivity index (χ4n) is 2.82. The van der Waals surface area contributed by atoms with Gasteiger partial charge in [-0.3, -0.25) is 4.98 Å². The molecular formula is C18H19N7. The highest BCUT2D eigenvalue weighted by molar-refractivity contribution is 5.63. The van der Waals surface area contributed by atoms with Gasteiger partial charge in [0, 0.05) is 55.7 Å². The van der Waals surface area contributed by atoms with Gasteiger partial charge in [-0.25, -0.2) is 9.97 Å². The number of fused-ring (bicyclic) bond motifs is 1. The van der Waals surface area contributed by atoms with Crippen molar-refractivity contribution in [1.82, 2.24) is 29.1 Å². The fourth-order valence-corrected chi connectivity index (χ4v) is 2.82. The summed E-state index contributed by atoms with van der Waals surface area (Å²) in [7, 11) is 1.96. The van der Waals surface area contributed by atoms with Crippen molar-refractivity contribution < 1.29 is 0 Å². The predicted octanol–water partition coefficient (Wildman–Crippen LogP) is 2.75. The van der Waals surface area contributed by atoms with Crippen molar-refractivity contribution >= 4 is 11.5 Å². The van der Waals surface area contributed by atoms with E-state index in [0.717, 1.165) is 39.8 Å². The number of aromatic nitrogens is 6. The lowest BCUT2D eigenvalue weighted by atomic mass is 10.2. The third-order valence-electron chi connectivity index (χ3n) is 4.32. The van der Waals surface area contributed by atoms with E-state index in [1.54, 1.807) is 12.4 Å². The maximum absolute atomic E-state index is 4.72. The number of imidazole rings is 1. The monoisotopic (exact) mass is 333 g/mol. The van der Waals surface area contributed by atoms with Gasteiger partial charge in [0.15, 0.2) is 11.5 Å². The van der Waals surface area contributed by atoms with Crippen molar-refractivity contribution in [3.05, 3.63) is 59.8 Å². The summed E-state index contributed by atoms with van der Waals surface area (Å²) in [6.45, 7) is 4.73. The first-order valence-electron chi connectivity index (χ1n) is 8.11. The first-order valence-corrected chi connectivity index (χ1v) is 8.11. The highest BCUT2D eigenvalue weighted by Crippen LogP contribution is 2.24. The largest absolute Gasteiger partial charge is 0.366 e. The van der Waals surface area contributed by atoms with Crippen LogP contribution in [0.1, 0.15) is 16.8 Å². The predicted molar refractivity (Wildman–Crippen MR) is 96.2 cm³/mol. The summed E-state index contributed by atoms with van der Waals surface area (Å²) in [5.41, 5.74) is 4.77. The minimum atomic E-state index is 0.671. The van der Waals surface area contributed by atoms with Crippen LogP contribution in [-0.2, 0) is 13.6 Å². The molecule has 0 fully saturated rings. The molecule has 4 rings (SSSR count). The number of aryl methyl sites for hydroxylation is 2. The third-order valence-corrected chi connectivity index (χ3v) is 4.32. The third kappa shape index (κ3) is 2.73. The molecule has 4 aromatic heterocycles. The highest BCUT2D eigenvalue weighted by Gasteiger charge is 2.15. The second kappa shape index (κ2) is 6.01. The van der Waals surface area contributed by atoms with E-state index in [9.17, 15) is 0 Å². The lowest BCUT2D eigenvalue weighted by Crippen LogP contribution is -2.09. The van der Waals surface area contributed by atoms with Crippen LogP contribution in [0.2, 0.25) is 0 Å². The second-order valence-electron chi connectivity index (χ2n) is 6.05. The molecule has 0 spiro atoms. The molecule has 0 saturated carbocycles. The summed E-state index contributed by atoms with van der Waals surface area (Å²) in [5, 5.41) is 8.20. The molecule has 7 heteroatoms. The average molecular weight is 333 g/mol. The number of nitrogens with one attached hydrogen (secondary N) is 1. The first-order chi connectivity index (χ1) is 12.1. The Labute approximate surface area is 145 Å². The number of hydrogen-bond acceptors (Lipinski definition) is 5. The lowest BCUT2D eigenvalue weighted by molar-refractivity contribution is 0.881. The van der Waals surface area contributed by atoms with E-state index in [0.29, 0.717) is 6.54 Å². The van der Waals surface area contributed by atoms with Crippen molar-refractivity contribution in [3.63, 3.8) is 0 Å². The van der Waals surface area contributed by atoms with Crippen molar-refractivity contribution in [2.24, 2.45) is 7.05 Å². The van der Waals surface area contributed by atoms with Gasteiger partial charge in [-0.2, -0.15) is 9.61 Å². The summed E-state index contributed by atoms with van der Waals surface area (Å²) in [6, 6.07) is 5.94. The van der Waals surface area contributed by atoms with Gasteiger partial charge in [-0.05, 0) is 25.5 Å². The topological polar surface area (TPSA) is 72.9 Å². The maximum atomic E-state index is 4.72. The standard InChI is InChI=1S/C18H19N7/c1-12-13(2)22-16-9-15(18-20-7-8-24(18)3)23-25(16)17(12)21-11-14-5-4-6-19-10-14/h4-10,21H,11H2,1-3H3. The summed E-state index contributed by atoms with van der Waals surface area (Å²) in [6.07, 6.45) is 7.31. The molecule has 4 heterocycles. The molecule has 0 bridgehead atoms. The Hall–Kier alpha value is -3.22. The van der Waals surface area contributed by atoms with Crippen molar-refractivity contribution in [2.45, 2.75) is 20.4 Å². The van der Waals surface area contributed by atoms with Crippen LogP contribution in [0.5, 0.6) is 0 Å². The fraction of sp³-hybridized carbons (Fsp3) is 0.222. The zero-order chi connectivity index (χ0) is 17.4. The van der Waals surface area contributed by atoms with Crippen LogP contribution in [0.15, 0.2) is 43.0 Å². The molecular weight excluding hydrogens is 314 g/mol. The van der Waals surface area contributed by atoms with E-state index in [2.05, 4.69) is 27.2 Å². The number of hydrogen-bond donors (Lipinski definition) is 1. The van der Waals surface area contributed by atoms with Crippen molar-refractivity contribution in [2.75, 3.05) is 5.32 Å². The Kier molecular flexibility index (Phi) is 3.68. The highest BCUT2D eigenvalue weighted by atomic mass is 15.3. The summed E-state index contributed by atoms with van der Waals surface area (Å²) in [5.74, 6) is 1.76. The number of anilines is 1. The SMILES string of the molecule is Cc1nc2cc(-c3nccn3C)nn2c(NCc2cccnc2)c1C. The molecule has 0 atom stereocenters. The van der Waals surface area contributed by atoms with Gasteiger partial charge in [-0.15, -0.1) is 0 Å². The molecule has 0 aliphatic rings. The molecule has 0 aromatic carbocycles. The van der Waals surface area contributed by atoms with Crippen LogP contribution in [0.25, 0.3) is 17.2 Å². The molecule has 0 aliphatic heterocycles. The zero-order valence-corrected chi connectivity index (χ0v) is 14.4. The van der Waals surface area contributed by atoms with Crippen molar-refractivity contribution in [3.8, 4) is 11.5 Å². The van der Waals surface area contributed by atoms with Crippen LogP contribution < -0.4 is 5.32 Å². The van der Waals surface area contributed by atoms with E-state index in [4.69, 9.17) is 5.10 Å². The average Bonchev–Trinajstić information content (AvgIpc) is 3.22. The molecule has 0 amide bonds. The van der Waals surface area contributed by atoms with E-state index >= 15 is 0 Å². The summed E-state index contributed by atoms with van der Waals surface area (Å²) in [4.78, 5) is 13.2. The Morgan fingerprint density at radius 1 is 1.20 bits per heavy atom. The van der Waals surface area contributed by atoms with Crippen LogP contribution in [0.3, 0.4) is 0 Å². The maximum Gasteiger partial charge on any atom is 0.160 e. The Morgan fingerprint density at radius 3 is 2.80 bits per heavy atom. The summed E-state index contributed by atoms with van der Waals surface area (Å²) >= 11 is 0. The van der Waals surface area contributed by atoms with Gasteiger partial charge < -0.3 is 9.88 Å². The lowest BCUT2D eigenvalue weighted by Gasteiger charge is -2.13. The molecule has 7 nitrogen and oxygen atoms in total. The van der Waals surface area contributed by atoms with Gasteiger partial charge in [-0.1, -0.05) is 6.07 Å². The second-order valence-corrected chi connectivity index (χ2v) is 6.05. The molecule has 0 unspecified atom stereocenters. The van der Waals surface area contributed by atoms with E-state index < -0.39 is 0 Å². The molecule has 1 N–H and O–H groups in total. The normalized spacial score (nSPS) is 11.2. The van der Waals surface area contributed by atoms with Gasteiger partial charge in [0.05, 0.1) is 0 Å². The molecule has 0 radical (unpaired) electrons. The van der Waals surface area contributed by atoms with Crippen LogP contribution >= 0.6 is 0 Å². The Bertz CT molecular complexity index is 1030. The quantitative estimate of drug-likeness (QED) is 0.622. The van der Waals surface area contributed by atoms with Crippen LogP contribution in [0.4, 0.5) is 5.82 Å².